The van der Waals surface area contributed by atoms with Crippen LogP contribution in [0.4, 0.5) is 5.69 Å². The second kappa shape index (κ2) is 6.28. The van der Waals surface area contributed by atoms with Gasteiger partial charge in [0, 0.05) is 37.9 Å². The third-order valence-electron chi connectivity index (χ3n) is 4.88. The number of carbonyl (C=O) groups is 1. The van der Waals surface area contributed by atoms with Crippen LogP contribution in [0.15, 0.2) is 30.6 Å². The van der Waals surface area contributed by atoms with Gasteiger partial charge in [-0.2, -0.15) is 5.10 Å². The summed E-state index contributed by atoms with van der Waals surface area (Å²) in [7, 11) is 1.90. The van der Waals surface area contributed by atoms with E-state index in [1.165, 1.54) is 5.56 Å². The van der Waals surface area contributed by atoms with Crippen LogP contribution in [0.2, 0.25) is 0 Å². The second-order valence-corrected chi connectivity index (χ2v) is 6.58. The first-order chi connectivity index (χ1) is 11.7. The van der Waals surface area contributed by atoms with Crippen molar-refractivity contribution in [3.8, 4) is 5.75 Å². The molecule has 126 valence electrons. The number of hydrogen-bond donors (Lipinski definition) is 2. The largest absolute Gasteiger partial charge is 0.493 e. The fourth-order valence-electron chi connectivity index (χ4n) is 3.61. The number of amides is 1. The van der Waals surface area contributed by atoms with Crippen molar-refractivity contribution in [1.82, 2.24) is 15.1 Å². The monoisotopic (exact) mass is 326 g/mol. The van der Waals surface area contributed by atoms with Gasteiger partial charge in [-0.05, 0) is 42.2 Å². The average molecular weight is 326 g/mol. The van der Waals surface area contributed by atoms with E-state index in [0.717, 1.165) is 43.0 Å². The molecular weight excluding hydrogens is 304 g/mol. The zero-order chi connectivity index (χ0) is 16.5. The Morgan fingerprint density at radius 2 is 2.33 bits per heavy atom. The fourth-order valence-corrected chi connectivity index (χ4v) is 3.61. The zero-order valence-electron chi connectivity index (χ0n) is 13.8. The highest BCUT2D eigenvalue weighted by molar-refractivity contribution is 5.93. The maximum Gasteiger partial charge on any atom is 0.229 e. The minimum absolute atomic E-state index is 0.0607. The molecule has 3 heterocycles. The molecule has 2 N–H and O–H groups in total. The predicted octanol–water partition coefficient (Wildman–Crippen LogP) is 1.69. The highest BCUT2D eigenvalue weighted by Gasteiger charge is 2.34. The minimum Gasteiger partial charge on any atom is -0.493 e. The Kier molecular flexibility index (Phi) is 3.98. The molecule has 0 radical (unpaired) electrons. The molecule has 1 amide bonds. The van der Waals surface area contributed by atoms with E-state index in [4.69, 9.17) is 4.74 Å². The molecule has 1 aromatic carbocycles. The first-order valence-electron chi connectivity index (χ1n) is 8.46. The SMILES string of the molecule is Cn1cc([C@H]2CNC[C@@H]2C(=O)Nc2ccc3c(c2)CCCO3)cn1. The third kappa shape index (κ3) is 2.89. The smallest absolute Gasteiger partial charge is 0.229 e. The standard InChI is InChI=1S/C18H22N4O2/c1-22-11-13(8-20-22)15-9-19-10-16(15)18(23)21-14-4-5-17-12(7-14)3-2-6-24-17/h4-5,7-8,11,15-16,19H,2-3,6,9-10H2,1H3,(H,21,23)/t15-,16+/m1/s1. The zero-order valence-corrected chi connectivity index (χ0v) is 13.8. The van der Waals surface area contributed by atoms with Crippen LogP contribution < -0.4 is 15.4 Å². The van der Waals surface area contributed by atoms with Crippen molar-refractivity contribution in [2.75, 3.05) is 25.0 Å². The summed E-state index contributed by atoms with van der Waals surface area (Å²) in [6.45, 7) is 2.28. The lowest BCUT2D eigenvalue weighted by atomic mass is 9.90. The summed E-state index contributed by atoms with van der Waals surface area (Å²) in [5.74, 6) is 1.08. The van der Waals surface area contributed by atoms with Crippen molar-refractivity contribution in [2.24, 2.45) is 13.0 Å². The van der Waals surface area contributed by atoms with Crippen molar-refractivity contribution in [1.29, 1.82) is 0 Å². The fraction of sp³-hybridized carbons (Fsp3) is 0.444. The van der Waals surface area contributed by atoms with Crippen molar-refractivity contribution < 1.29 is 9.53 Å². The number of benzene rings is 1. The Bertz CT molecular complexity index is 755. The van der Waals surface area contributed by atoms with Crippen LogP contribution in [0.1, 0.15) is 23.5 Å². The van der Waals surface area contributed by atoms with E-state index in [1.54, 1.807) is 4.68 Å². The van der Waals surface area contributed by atoms with Gasteiger partial charge in [0.05, 0.1) is 18.7 Å². The van der Waals surface area contributed by atoms with Crippen LogP contribution in [0, 0.1) is 5.92 Å². The van der Waals surface area contributed by atoms with Gasteiger partial charge in [-0.3, -0.25) is 9.48 Å². The number of aromatic nitrogens is 2. The number of ether oxygens (including phenoxy) is 1. The van der Waals surface area contributed by atoms with Gasteiger partial charge >= 0.3 is 0 Å². The van der Waals surface area contributed by atoms with Crippen LogP contribution in [0.25, 0.3) is 0 Å². The van der Waals surface area contributed by atoms with E-state index in [0.29, 0.717) is 6.54 Å². The number of aryl methyl sites for hydroxylation is 2. The first-order valence-corrected chi connectivity index (χ1v) is 8.46. The van der Waals surface area contributed by atoms with Crippen LogP contribution in [0.5, 0.6) is 5.75 Å². The second-order valence-electron chi connectivity index (χ2n) is 6.58. The number of anilines is 1. The molecule has 2 aromatic rings. The summed E-state index contributed by atoms with van der Waals surface area (Å²) in [5.41, 5.74) is 3.13. The number of nitrogens with zero attached hydrogens (tertiary/aromatic N) is 2. The normalized spacial score (nSPS) is 22.7. The van der Waals surface area contributed by atoms with Gasteiger partial charge < -0.3 is 15.4 Å². The average Bonchev–Trinajstić information content (AvgIpc) is 3.23. The van der Waals surface area contributed by atoms with Crippen molar-refractivity contribution in [2.45, 2.75) is 18.8 Å². The number of rotatable bonds is 3. The number of fused-ring (bicyclic) bond motifs is 1. The van der Waals surface area contributed by atoms with E-state index in [1.807, 2.05) is 37.6 Å². The third-order valence-corrected chi connectivity index (χ3v) is 4.88. The Hall–Kier alpha value is -2.34. The summed E-state index contributed by atoms with van der Waals surface area (Å²) >= 11 is 0. The van der Waals surface area contributed by atoms with Crippen molar-refractivity contribution in [3.63, 3.8) is 0 Å². The first kappa shape index (κ1) is 15.2. The minimum atomic E-state index is -0.0820. The van der Waals surface area contributed by atoms with Crippen LogP contribution >= 0.6 is 0 Å². The number of hydrogen-bond acceptors (Lipinski definition) is 4. The molecule has 0 aliphatic carbocycles. The molecule has 1 aromatic heterocycles. The van der Waals surface area contributed by atoms with E-state index < -0.39 is 0 Å². The molecule has 6 nitrogen and oxygen atoms in total. The molecule has 0 bridgehead atoms. The maximum atomic E-state index is 12.8. The van der Waals surface area contributed by atoms with E-state index >= 15 is 0 Å². The summed E-state index contributed by atoms with van der Waals surface area (Å²) in [4.78, 5) is 12.8. The lowest BCUT2D eigenvalue weighted by Crippen LogP contribution is -2.28. The molecule has 1 fully saturated rings. The molecule has 0 saturated carbocycles. The van der Waals surface area contributed by atoms with E-state index in [2.05, 4.69) is 15.7 Å². The summed E-state index contributed by atoms with van der Waals surface area (Å²) in [5, 5.41) is 10.6. The highest BCUT2D eigenvalue weighted by Crippen LogP contribution is 2.31. The number of nitrogens with one attached hydrogen (secondary N) is 2. The molecule has 24 heavy (non-hydrogen) atoms. The Morgan fingerprint density at radius 1 is 1.42 bits per heavy atom. The highest BCUT2D eigenvalue weighted by atomic mass is 16.5. The van der Waals surface area contributed by atoms with Crippen LogP contribution in [0.3, 0.4) is 0 Å². The molecule has 4 rings (SSSR count). The summed E-state index contributed by atoms with van der Waals surface area (Å²) in [6.07, 6.45) is 5.88. The summed E-state index contributed by atoms with van der Waals surface area (Å²) < 4.78 is 7.41. The molecule has 0 spiro atoms. The van der Waals surface area contributed by atoms with Crippen molar-refractivity contribution >= 4 is 11.6 Å². The maximum absolute atomic E-state index is 12.8. The van der Waals surface area contributed by atoms with Gasteiger partial charge in [0.25, 0.3) is 0 Å². The molecule has 1 saturated heterocycles. The van der Waals surface area contributed by atoms with Gasteiger partial charge in [0.1, 0.15) is 5.75 Å². The quantitative estimate of drug-likeness (QED) is 0.901. The van der Waals surface area contributed by atoms with E-state index in [-0.39, 0.29) is 17.7 Å². The van der Waals surface area contributed by atoms with Crippen molar-refractivity contribution in [3.05, 3.63) is 41.7 Å². The van der Waals surface area contributed by atoms with Gasteiger partial charge in [-0.1, -0.05) is 0 Å². The van der Waals surface area contributed by atoms with Crippen LogP contribution in [-0.2, 0) is 18.3 Å². The molecular formula is C18H22N4O2. The molecule has 2 aliphatic heterocycles. The molecule has 6 heteroatoms. The van der Waals surface area contributed by atoms with Crippen LogP contribution in [-0.4, -0.2) is 35.4 Å². The van der Waals surface area contributed by atoms with Gasteiger partial charge in [0.2, 0.25) is 5.91 Å². The summed E-state index contributed by atoms with van der Waals surface area (Å²) in [6, 6.07) is 5.91. The van der Waals surface area contributed by atoms with Gasteiger partial charge in [0.15, 0.2) is 0 Å². The Morgan fingerprint density at radius 3 is 3.17 bits per heavy atom. The lowest BCUT2D eigenvalue weighted by molar-refractivity contribution is -0.119. The molecule has 2 atom stereocenters. The Labute approximate surface area is 141 Å². The molecule has 2 aliphatic rings. The topological polar surface area (TPSA) is 68.2 Å². The number of carbonyl (C=O) groups excluding carboxylic acids is 1. The predicted molar refractivity (Wildman–Crippen MR) is 91.2 cm³/mol. The van der Waals surface area contributed by atoms with E-state index in [9.17, 15) is 4.79 Å². The Balaban J connectivity index is 1.49. The molecule has 0 unspecified atom stereocenters. The van der Waals surface area contributed by atoms with Gasteiger partial charge in [-0.25, -0.2) is 0 Å². The van der Waals surface area contributed by atoms with Gasteiger partial charge in [-0.15, -0.1) is 0 Å². The lowest BCUT2D eigenvalue weighted by Gasteiger charge is -2.20.